The number of esters is 1. The first-order chi connectivity index (χ1) is 13.6. The number of rotatable bonds is 4. The molecule has 7 nitrogen and oxygen atoms in total. The molecule has 1 aromatic rings. The zero-order chi connectivity index (χ0) is 23.4. The molecule has 2 amide bonds. The molecule has 0 spiro atoms. The average Bonchev–Trinajstić information content (AvgIpc) is 2.54. The van der Waals surface area contributed by atoms with Gasteiger partial charge in [-0.3, -0.25) is 0 Å². The second kappa shape index (κ2) is 10.2. The Labute approximate surface area is 195 Å². The molecular formula is C20H26BrCl2NO6. The number of alkyl halides is 1. The molecule has 0 unspecified atom stereocenters. The van der Waals surface area contributed by atoms with Gasteiger partial charge in [0.25, 0.3) is 0 Å². The first-order valence-corrected chi connectivity index (χ1v) is 11.0. The molecule has 0 saturated heterocycles. The van der Waals surface area contributed by atoms with Crippen molar-refractivity contribution >= 4 is 63.0 Å². The van der Waals surface area contributed by atoms with E-state index in [2.05, 4.69) is 15.9 Å². The minimum atomic E-state index is -1.06. The number of halogens is 3. The van der Waals surface area contributed by atoms with Crippen LogP contribution >= 0.6 is 39.1 Å². The van der Waals surface area contributed by atoms with Gasteiger partial charge in [0.05, 0.1) is 22.9 Å². The Morgan fingerprint density at radius 2 is 1.47 bits per heavy atom. The Kier molecular flexibility index (Phi) is 9.02. The van der Waals surface area contributed by atoms with Crippen LogP contribution in [0.5, 0.6) is 0 Å². The summed E-state index contributed by atoms with van der Waals surface area (Å²) in [5, 5.41) is 0.285. The molecule has 0 aliphatic heterocycles. The Bertz CT molecular complexity index is 802. The predicted octanol–water partition coefficient (Wildman–Crippen LogP) is 6.74. The van der Waals surface area contributed by atoms with E-state index in [1.54, 1.807) is 48.5 Å². The summed E-state index contributed by atoms with van der Waals surface area (Å²) in [7, 11) is 0. The first-order valence-electron chi connectivity index (χ1n) is 9.13. The number of amides is 2. The van der Waals surface area contributed by atoms with E-state index >= 15 is 0 Å². The van der Waals surface area contributed by atoms with E-state index < -0.39 is 29.4 Å². The molecule has 0 heterocycles. The van der Waals surface area contributed by atoms with E-state index in [0.717, 1.165) is 0 Å². The first kappa shape index (κ1) is 26.5. The topological polar surface area (TPSA) is 82.1 Å². The second-order valence-electron chi connectivity index (χ2n) is 8.20. The number of carbonyl (C=O) groups is 3. The number of anilines is 1. The van der Waals surface area contributed by atoms with Crippen molar-refractivity contribution in [2.45, 2.75) is 65.0 Å². The number of nitrogens with zero attached hydrogens (tertiary/aromatic N) is 1. The van der Waals surface area contributed by atoms with Crippen LogP contribution in [0.3, 0.4) is 0 Å². The molecule has 10 heteroatoms. The minimum Gasteiger partial charge on any atom is -0.462 e. The van der Waals surface area contributed by atoms with E-state index in [9.17, 15) is 14.4 Å². The summed E-state index contributed by atoms with van der Waals surface area (Å²) in [6.45, 7) is 11.5. The minimum absolute atomic E-state index is 0.0621. The third-order valence-electron chi connectivity index (χ3n) is 3.29. The highest BCUT2D eigenvalue weighted by Gasteiger charge is 2.38. The molecule has 168 valence electrons. The molecule has 0 aliphatic carbocycles. The fraction of sp³-hybridized carbons (Fsp3) is 0.550. The molecule has 0 aliphatic rings. The highest BCUT2D eigenvalue weighted by molar-refractivity contribution is 9.08. The Morgan fingerprint density at radius 1 is 1.00 bits per heavy atom. The van der Waals surface area contributed by atoms with Crippen LogP contribution in [0, 0.1) is 0 Å². The Hall–Kier alpha value is -1.51. The summed E-state index contributed by atoms with van der Waals surface area (Å²) in [4.78, 5) is 39.2. The van der Waals surface area contributed by atoms with Crippen molar-refractivity contribution < 1.29 is 28.6 Å². The standard InChI is InChI=1S/C20H26BrCl2NO6/c1-8-28-16(25)11-9-13(22)12(10-21)14(23)15(11)24(17(26)29-19(2,3)4)18(27)30-20(5,6)7/h9H,8,10H2,1-7H3. The van der Waals surface area contributed by atoms with Crippen molar-refractivity contribution in [3.63, 3.8) is 0 Å². The lowest BCUT2D eigenvalue weighted by atomic mass is 10.1. The lowest BCUT2D eigenvalue weighted by molar-refractivity contribution is 0.0430. The van der Waals surface area contributed by atoms with Gasteiger partial charge in [0.1, 0.15) is 11.2 Å². The van der Waals surface area contributed by atoms with Crippen LogP contribution in [-0.2, 0) is 19.5 Å². The molecule has 0 atom stereocenters. The van der Waals surface area contributed by atoms with E-state index in [0.29, 0.717) is 10.5 Å². The summed E-state index contributed by atoms with van der Waals surface area (Å²) in [6, 6.07) is 1.29. The van der Waals surface area contributed by atoms with E-state index in [1.165, 1.54) is 6.07 Å². The largest absolute Gasteiger partial charge is 0.462 e. The maximum absolute atomic E-state index is 13.0. The van der Waals surface area contributed by atoms with Crippen molar-refractivity contribution in [2.75, 3.05) is 11.5 Å². The van der Waals surface area contributed by atoms with E-state index in [4.69, 9.17) is 37.4 Å². The zero-order valence-corrected chi connectivity index (χ0v) is 21.1. The second-order valence-corrected chi connectivity index (χ2v) is 9.54. The van der Waals surface area contributed by atoms with Crippen LogP contribution < -0.4 is 4.90 Å². The predicted molar refractivity (Wildman–Crippen MR) is 120 cm³/mol. The van der Waals surface area contributed by atoms with Crippen LogP contribution in [0.4, 0.5) is 15.3 Å². The fourth-order valence-corrected chi connectivity index (χ4v) is 3.80. The molecule has 0 saturated carbocycles. The van der Waals surface area contributed by atoms with Gasteiger partial charge in [-0.05, 0) is 54.5 Å². The maximum atomic E-state index is 13.0. The normalized spacial score (nSPS) is 11.7. The summed E-state index contributed by atoms with van der Waals surface area (Å²) >= 11 is 16.0. The zero-order valence-electron chi connectivity index (χ0n) is 18.0. The summed E-state index contributed by atoms with van der Waals surface area (Å²) in [6.07, 6.45) is -2.13. The summed E-state index contributed by atoms with van der Waals surface area (Å²) in [5.41, 5.74) is -1.89. The Morgan fingerprint density at radius 3 is 1.83 bits per heavy atom. The number of hydrogen-bond donors (Lipinski definition) is 0. The molecule has 0 radical (unpaired) electrons. The van der Waals surface area contributed by atoms with Crippen LogP contribution in [0.25, 0.3) is 0 Å². The van der Waals surface area contributed by atoms with Gasteiger partial charge < -0.3 is 14.2 Å². The lowest BCUT2D eigenvalue weighted by Gasteiger charge is -2.30. The molecule has 1 rings (SSSR count). The van der Waals surface area contributed by atoms with Crippen LogP contribution in [0.2, 0.25) is 10.0 Å². The highest BCUT2D eigenvalue weighted by Crippen LogP contribution is 2.40. The highest BCUT2D eigenvalue weighted by atomic mass is 79.9. The van der Waals surface area contributed by atoms with Crippen molar-refractivity contribution in [3.8, 4) is 0 Å². The van der Waals surface area contributed by atoms with Gasteiger partial charge in [-0.1, -0.05) is 39.1 Å². The smallest absolute Gasteiger partial charge is 0.424 e. The monoisotopic (exact) mass is 525 g/mol. The SMILES string of the molecule is CCOC(=O)c1cc(Cl)c(CBr)c(Cl)c1N(C(=O)OC(C)(C)C)C(=O)OC(C)(C)C. The molecular weight excluding hydrogens is 501 g/mol. The summed E-state index contributed by atoms with van der Waals surface area (Å²) in [5.74, 6) is -0.811. The molecule has 0 N–H and O–H groups in total. The van der Waals surface area contributed by atoms with Gasteiger partial charge in [-0.2, -0.15) is 4.90 Å². The van der Waals surface area contributed by atoms with Gasteiger partial charge in [-0.15, -0.1) is 0 Å². The van der Waals surface area contributed by atoms with Crippen molar-refractivity contribution in [2.24, 2.45) is 0 Å². The van der Waals surface area contributed by atoms with Crippen molar-refractivity contribution in [3.05, 3.63) is 27.2 Å². The van der Waals surface area contributed by atoms with Crippen molar-refractivity contribution in [1.29, 1.82) is 0 Å². The number of ether oxygens (including phenoxy) is 3. The Balaban J connectivity index is 3.81. The van der Waals surface area contributed by atoms with E-state index in [-0.39, 0.29) is 33.2 Å². The average molecular weight is 527 g/mol. The van der Waals surface area contributed by atoms with Gasteiger partial charge in [0, 0.05) is 15.9 Å². The van der Waals surface area contributed by atoms with E-state index in [1.807, 2.05) is 0 Å². The quantitative estimate of drug-likeness (QED) is 0.245. The molecule has 0 fully saturated rings. The number of benzene rings is 1. The van der Waals surface area contributed by atoms with Gasteiger partial charge >= 0.3 is 18.2 Å². The fourth-order valence-electron chi connectivity index (χ4n) is 2.23. The number of imide groups is 1. The van der Waals surface area contributed by atoms with Crippen LogP contribution in [-0.4, -0.2) is 36.0 Å². The third kappa shape index (κ3) is 7.03. The van der Waals surface area contributed by atoms with Gasteiger partial charge in [-0.25, -0.2) is 14.4 Å². The van der Waals surface area contributed by atoms with Gasteiger partial charge in [0.2, 0.25) is 0 Å². The molecule has 1 aromatic carbocycles. The van der Waals surface area contributed by atoms with Gasteiger partial charge in [0.15, 0.2) is 0 Å². The van der Waals surface area contributed by atoms with Crippen LogP contribution in [0.15, 0.2) is 6.07 Å². The lowest BCUT2D eigenvalue weighted by Crippen LogP contribution is -2.44. The summed E-state index contributed by atoms with van der Waals surface area (Å²) < 4.78 is 15.8. The maximum Gasteiger partial charge on any atom is 0.424 e. The molecule has 30 heavy (non-hydrogen) atoms. The number of hydrogen-bond acceptors (Lipinski definition) is 6. The van der Waals surface area contributed by atoms with Crippen molar-refractivity contribution in [1.82, 2.24) is 0 Å². The third-order valence-corrected chi connectivity index (χ3v) is 4.60. The molecule has 0 bridgehead atoms. The van der Waals surface area contributed by atoms with Crippen LogP contribution in [0.1, 0.15) is 64.4 Å². The molecule has 0 aromatic heterocycles. The number of carbonyl (C=O) groups excluding carboxylic acids is 3.